The van der Waals surface area contributed by atoms with Gasteiger partial charge in [-0.3, -0.25) is 0 Å². The van der Waals surface area contributed by atoms with E-state index in [4.69, 9.17) is 9.84 Å². The lowest BCUT2D eigenvalue weighted by molar-refractivity contribution is -0.131. The molecule has 0 amide bonds. The first kappa shape index (κ1) is 19.1. The Kier molecular flexibility index (Phi) is 4.53. The molecule has 0 saturated heterocycles. The third kappa shape index (κ3) is 3.24. The summed E-state index contributed by atoms with van der Waals surface area (Å²) in [5.41, 5.74) is 2.43. The number of hydrogen-bond donors (Lipinski definition) is 2. The van der Waals surface area contributed by atoms with E-state index in [0.29, 0.717) is 22.9 Å². The van der Waals surface area contributed by atoms with E-state index in [1.54, 1.807) is 25.6 Å². The number of benzene rings is 1. The lowest BCUT2D eigenvalue weighted by Crippen LogP contribution is -2.48. The van der Waals surface area contributed by atoms with Gasteiger partial charge >= 0.3 is 5.97 Å². The standard InChI is InChI=1S/C24H26N2O4/c1-30-21-8-20(27)19(24-9-15-4-16(10-24)6-17(5-15)11-24)7-18(21)23-25-12-14(13-26-23)2-3-22(28)29/h2-3,7-8,12-13,15-17,27H,4-6,9-11H2,1H3,(H,28,29)/b3-2+. The summed E-state index contributed by atoms with van der Waals surface area (Å²) in [5.74, 6) is 2.66. The van der Waals surface area contributed by atoms with E-state index < -0.39 is 5.97 Å². The molecule has 0 radical (unpaired) electrons. The monoisotopic (exact) mass is 406 g/mol. The predicted molar refractivity (Wildman–Crippen MR) is 112 cm³/mol. The van der Waals surface area contributed by atoms with Crippen molar-refractivity contribution in [3.63, 3.8) is 0 Å². The summed E-state index contributed by atoms with van der Waals surface area (Å²) in [6, 6.07) is 3.73. The van der Waals surface area contributed by atoms with Gasteiger partial charge in [-0.05, 0) is 73.8 Å². The number of aromatic nitrogens is 2. The zero-order chi connectivity index (χ0) is 20.9. The van der Waals surface area contributed by atoms with Gasteiger partial charge in [-0.25, -0.2) is 14.8 Å². The number of carbonyl (C=O) groups is 1. The highest BCUT2D eigenvalue weighted by Gasteiger charge is 2.52. The second kappa shape index (κ2) is 7.11. The summed E-state index contributed by atoms with van der Waals surface area (Å²) in [6.07, 6.45) is 13.2. The Labute approximate surface area is 175 Å². The topological polar surface area (TPSA) is 92.5 Å². The Morgan fingerprint density at radius 1 is 1.10 bits per heavy atom. The summed E-state index contributed by atoms with van der Waals surface area (Å²) in [4.78, 5) is 19.6. The molecule has 4 saturated carbocycles. The van der Waals surface area contributed by atoms with Crippen molar-refractivity contribution in [1.29, 1.82) is 0 Å². The quantitative estimate of drug-likeness (QED) is 0.714. The van der Waals surface area contributed by atoms with E-state index in [9.17, 15) is 9.90 Å². The number of ether oxygens (including phenoxy) is 1. The van der Waals surface area contributed by atoms with Crippen LogP contribution in [-0.4, -0.2) is 33.3 Å². The van der Waals surface area contributed by atoms with Crippen LogP contribution in [0.3, 0.4) is 0 Å². The van der Waals surface area contributed by atoms with Gasteiger partial charge in [0.15, 0.2) is 5.82 Å². The van der Waals surface area contributed by atoms with Crippen molar-refractivity contribution in [3.8, 4) is 22.9 Å². The van der Waals surface area contributed by atoms with E-state index in [1.807, 2.05) is 6.07 Å². The second-order valence-electron chi connectivity index (χ2n) is 9.28. The minimum Gasteiger partial charge on any atom is -0.508 e. The number of hydrogen-bond acceptors (Lipinski definition) is 5. The maximum absolute atomic E-state index is 10.9. The molecular formula is C24H26N2O4. The molecule has 1 aromatic heterocycles. The summed E-state index contributed by atoms with van der Waals surface area (Å²) in [7, 11) is 1.58. The van der Waals surface area contributed by atoms with Crippen LogP contribution < -0.4 is 4.74 Å². The average molecular weight is 406 g/mol. The smallest absolute Gasteiger partial charge is 0.328 e. The fourth-order valence-electron chi connectivity index (χ4n) is 6.51. The van der Waals surface area contributed by atoms with Gasteiger partial charge in [0.05, 0.1) is 12.7 Å². The summed E-state index contributed by atoms with van der Waals surface area (Å²) in [5, 5.41) is 19.7. The zero-order valence-electron chi connectivity index (χ0n) is 17.0. The van der Waals surface area contributed by atoms with E-state index in [2.05, 4.69) is 9.97 Å². The molecule has 1 heterocycles. The van der Waals surface area contributed by atoms with Crippen LogP contribution in [0.5, 0.6) is 11.5 Å². The zero-order valence-corrected chi connectivity index (χ0v) is 17.0. The first-order chi connectivity index (χ1) is 14.5. The molecule has 4 bridgehead atoms. The van der Waals surface area contributed by atoms with Gasteiger partial charge in [-0.1, -0.05) is 0 Å². The third-order valence-electron chi connectivity index (χ3n) is 7.26. The Bertz CT molecular complexity index is 977. The largest absolute Gasteiger partial charge is 0.508 e. The van der Waals surface area contributed by atoms with Gasteiger partial charge in [0, 0.05) is 35.7 Å². The average Bonchev–Trinajstić information content (AvgIpc) is 2.71. The first-order valence-electron chi connectivity index (χ1n) is 10.6. The molecule has 6 rings (SSSR count). The van der Waals surface area contributed by atoms with Crippen LogP contribution in [0.2, 0.25) is 0 Å². The molecule has 156 valence electrons. The lowest BCUT2D eigenvalue weighted by atomic mass is 9.48. The number of nitrogens with zero attached hydrogens (tertiary/aromatic N) is 2. The number of aromatic hydroxyl groups is 1. The molecule has 30 heavy (non-hydrogen) atoms. The van der Waals surface area contributed by atoms with Gasteiger partial charge in [0.1, 0.15) is 11.5 Å². The molecule has 1 aromatic carbocycles. The van der Waals surface area contributed by atoms with Crippen LogP contribution in [0.15, 0.2) is 30.6 Å². The maximum Gasteiger partial charge on any atom is 0.328 e. The highest BCUT2D eigenvalue weighted by Crippen LogP contribution is 2.62. The van der Waals surface area contributed by atoms with E-state index in [0.717, 1.165) is 54.2 Å². The van der Waals surface area contributed by atoms with Gasteiger partial charge in [0.25, 0.3) is 0 Å². The van der Waals surface area contributed by atoms with Crippen molar-refractivity contribution in [3.05, 3.63) is 41.7 Å². The van der Waals surface area contributed by atoms with Crippen LogP contribution in [-0.2, 0) is 10.2 Å². The van der Waals surface area contributed by atoms with E-state index in [1.165, 1.54) is 25.3 Å². The normalized spacial score (nSPS) is 29.4. The van der Waals surface area contributed by atoms with Crippen molar-refractivity contribution in [1.82, 2.24) is 9.97 Å². The molecule has 0 aliphatic heterocycles. The van der Waals surface area contributed by atoms with Crippen molar-refractivity contribution >= 4 is 12.0 Å². The number of carboxylic acid groups (broad SMARTS) is 1. The molecule has 6 nitrogen and oxygen atoms in total. The number of phenolic OH excluding ortho intramolecular Hbond substituents is 1. The van der Waals surface area contributed by atoms with E-state index >= 15 is 0 Å². The molecule has 2 N–H and O–H groups in total. The Morgan fingerprint density at radius 3 is 2.23 bits per heavy atom. The minimum atomic E-state index is -1.01. The fourth-order valence-corrected chi connectivity index (χ4v) is 6.51. The highest BCUT2D eigenvalue weighted by atomic mass is 16.5. The van der Waals surface area contributed by atoms with Crippen LogP contribution in [0.4, 0.5) is 0 Å². The van der Waals surface area contributed by atoms with Gasteiger partial charge in [-0.15, -0.1) is 0 Å². The van der Waals surface area contributed by atoms with Gasteiger partial charge < -0.3 is 14.9 Å². The molecule has 0 atom stereocenters. The molecule has 0 spiro atoms. The lowest BCUT2D eigenvalue weighted by Gasteiger charge is -2.57. The molecule has 2 aromatic rings. The molecule has 6 heteroatoms. The summed E-state index contributed by atoms with van der Waals surface area (Å²) in [6.45, 7) is 0. The predicted octanol–water partition coefficient (Wildman–Crippen LogP) is 4.42. The van der Waals surface area contributed by atoms with Crippen molar-refractivity contribution in [2.45, 2.75) is 43.9 Å². The summed E-state index contributed by atoms with van der Waals surface area (Å²) >= 11 is 0. The SMILES string of the molecule is COc1cc(O)c(C23CC4CC(CC(C4)C2)C3)cc1-c1ncc(/C=C/C(=O)O)cn1. The van der Waals surface area contributed by atoms with Crippen LogP contribution in [0, 0.1) is 17.8 Å². The van der Waals surface area contributed by atoms with Crippen LogP contribution >= 0.6 is 0 Å². The van der Waals surface area contributed by atoms with Crippen molar-refractivity contribution in [2.24, 2.45) is 17.8 Å². The first-order valence-corrected chi connectivity index (χ1v) is 10.6. The molecule has 4 aliphatic rings. The highest BCUT2D eigenvalue weighted by molar-refractivity contribution is 5.85. The Hall–Kier alpha value is -2.89. The van der Waals surface area contributed by atoms with Gasteiger partial charge in [0.2, 0.25) is 0 Å². The number of methoxy groups -OCH3 is 1. The molecular weight excluding hydrogens is 380 g/mol. The minimum absolute atomic E-state index is 0.0457. The molecule has 4 aliphatic carbocycles. The number of rotatable bonds is 5. The number of carboxylic acids is 1. The number of aliphatic carboxylic acids is 1. The fraction of sp³-hybridized carbons (Fsp3) is 0.458. The van der Waals surface area contributed by atoms with E-state index in [-0.39, 0.29) is 5.41 Å². The third-order valence-corrected chi connectivity index (χ3v) is 7.26. The van der Waals surface area contributed by atoms with Crippen LogP contribution in [0.1, 0.15) is 49.7 Å². The van der Waals surface area contributed by atoms with Crippen LogP contribution in [0.25, 0.3) is 17.5 Å². The molecule has 0 unspecified atom stereocenters. The Morgan fingerprint density at radius 2 is 1.70 bits per heavy atom. The molecule has 4 fully saturated rings. The maximum atomic E-state index is 10.9. The number of phenols is 1. The van der Waals surface area contributed by atoms with Crippen molar-refractivity contribution in [2.75, 3.05) is 7.11 Å². The Balaban J connectivity index is 1.54. The van der Waals surface area contributed by atoms with Crippen molar-refractivity contribution < 1.29 is 19.7 Å². The summed E-state index contributed by atoms with van der Waals surface area (Å²) < 4.78 is 5.53. The second-order valence-corrected chi connectivity index (χ2v) is 9.28. The van der Waals surface area contributed by atoms with Gasteiger partial charge in [-0.2, -0.15) is 0 Å².